The minimum atomic E-state index is 0.251. The Morgan fingerprint density at radius 1 is 1.03 bits per heavy atom. The largest absolute Gasteiger partial charge is 0.493 e. The number of benzene rings is 1. The molecule has 1 aromatic carbocycles. The molecule has 1 atom stereocenters. The Bertz CT molecular complexity index is 714. The molecule has 0 saturated carbocycles. The van der Waals surface area contributed by atoms with Crippen LogP contribution in [0.1, 0.15) is 64.4 Å². The summed E-state index contributed by atoms with van der Waals surface area (Å²) in [5, 5.41) is 0. The van der Waals surface area contributed by atoms with E-state index in [9.17, 15) is 4.79 Å². The molecule has 3 heterocycles. The lowest BCUT2D eigenvalue weighted by molar-refractivity contribution is -0.117. The van der Waals surface area contributed by atoms with Crippen molar-refractivity contribution in [1.82, 2.24) is 9.80 Å². The molecule has 0 spiro atoms. The Hall–Kier alpha value is -1.59. The van der Waals surface area contributed by atoms with Gasteiger partial charge in [-0.15, -0.1) is 0 Å². The maximum atomic E-state index is 12.2. The van der Waals surface area contributed by atoms with E-state index in [2.05, 4.69) is 41.8 Å². The minimum absolute atomic E-state index is 0.251. The monoisotopic (exact) mass is 413 g/mol. The molecule has 3 aliphatic heterocycles. The first-order chi connectivity index (χ1) is 14.6. The molecule has 30 heavy (non-hydrogen) atoms. The first kappa shape index (κ1) is 21.6. The van der Waals surface area contributed by atoms with Crippen molar-refractivity contribution in [2.24, 2.45) is 5.92 Å². The van der Waals surface area contributed by atoms with Gasteiger partial charge in [-0.25, -0.2) is 0 Å². The SMILES string of the molecule is CC1CCN(Cc2cc(N3CCCC3=O)ccc2OCCCN2CCCC2C)CC1. The summed E-state index contributed by atoms with van der Waals surface area (Å²) in [5.74, 6) is 2.08. The summed E-state index contributed by atoms with van der Waals surface area (Å²) >= 11 is 0. The Morgan fingerprint density at radius 3 is 2.57 bits per heavy atom. The van der Waals surface area contributed by atoms with Crippen LogP contribution in [0.15, 0.2) is 18.2 Å². The van der Waals surface area contributed by atoms with E-state index in [-0.39, 0.29) is 5.91 Å². The molecule has 5 nitrogen and oxygen atoms in total. The van der Waals surface area contributed by atoms with Crippen LogP contribution < -0.4 is 9.64 Å². The van der Waals surface area contributed by atoms with Crippen LogP contribution in [-0.2, 0) is 11.3 Å². The standard InChI is InChI=1S/C25H39N3O2/c1-20-10-15-26(16-11-20)19-22-18-23(28-14-4-7-25(28)29)8-9-24(22)30-17-5-13-27-12-3-6-21(27)2/h8-9,18,20-21H,3-7,10-17,19H2,1-2H3. The number of amides is 1. The molecule has 3 saturated heterocycles. The lowest BCUT2D eigenvalue weighted by Gasteiger charge is -2.31. The maximum absolute atomic E-state index is 12.2. The fraction of sp³-hybridized carbons (Fsp3) is 0.720. The van der Waals surface area contributed by atoms with Gasteiger partial charge in [0, 0.05) is 43.3 Å². The summed E-state index contributed by atoms with van der Waals surface area (Å²) in [6, 6.07) is 7.10. The highest BCUT2D eigenvalue weighted by molar-refractivity contribution is 5.95. The highest BCUT2D eigenvalue weighted by Gasteiger charge is 2.24. The van der Waals surface area contributed by atoms with Gasteiger partial charge in [0.2, 0.25) is 5.91 Å². The maximum Gasteiger partial charge on any atom is 0.227 e. The summed E-state index contributed by atoms with van der Waals surface area (Å²) in [7, 11) is 0. The molecule has 166 valence electrons. The van der Waals surface area contributed by atoms with Crippen LogP contribution in [0, 0.1) is 5.92 Å². The van der Waals surface area contributed by atoms with Gasteiger partial charge in [0.05, 0.1) is 6.61 Å². The van der Waals surface area contributed by atoms with Crippen LogP contribution in [0.4, 0.5) is 5.69 Å². The van der Waals surface area contributed by atoms with Gasteiger partial charge in [-0.3, -0.25) is 9.69 Å². The molecule has 3 aliphatic rings. The van der Waals surface area contributed by atoms with Crippen LogP contribution >= 0.6 is 0 Å². The predicted molar refractivity (Wildman–Crippen MR) is 122 cm³/mol. The third-order valence-electron chi connectivity index (χ3n) is 7.24. The zero-order chi connectivity index (χ0) is 20.9. The molecular formula is C25H39N3O2. The second-order valence-corrected chi connectivity index (χ2v) is 9.63. The molecule has 5 heteroatoms. The molecular weight excluding hydrogens is 374 g/mol. The molecule has 4 rings (SSSR count). The summed E-state index contributed by atoms with van der Waals surface area (Å²) in [6.07, 6.45) is 7.91. The van der Waals surface area contributed by atoms with Gasteiger partial charge >= 0.3 is 0 Å². The Balaban J connectivity index is 1.40. The number of ether oxygens (including phenoxy) is 1. The highest BCUT2D eigenvalue weighted by Crippen LogP contribution is 2.30. The number of carbonyl (C=O) groups excluding carboxylic acids is 1. The van der Waals surface area contributed by atoms with Crippen LogP contribution in [0.25, 0.3) is 0 Å². The number of hydrogen-bond donors (Lipinski definition) is 0. The molecule has 1 unspecified atom stereocenters. The fourth-order valence-corrected chi connectivity index (χ4v) is 5.16. The Kier molecular flexibility index (Phi) is 7.32. The number of piperidine rings is 1. The first-order valence-electron chi connectivity index (χ1n) is 12.1. The zero-order valence-electron chi connectivity index (χ0n) is 18.9. The van der Waals surface area contributed by atoms with Crippen molar-refractivity contribution in [2.75, 3.05) is 44.2 Å². The molecule has 0 N–H and O–H groups in total. The topological polar surface area (TPSA) is 36.0 Å². The number of carbonyl (C=O) groups is 1. The number of nitrogens with zero attached hydrogens (tertiary/aromatic N) is 3. The third kappa shape index (κ3) is 5.36. The minimum Gasteiger partial charge on any atom is -0.493 e. The number of anilines is 1. The normalized spacial score (nSPS) is 24.1. The van der Waals surface area contributed by atoms with E-state index in [4.69, 9.17) is 4.74 Å². The highest BCUT2D eigenvalue weighted by atomic mass is 16.5. The fourth-order valence-electron chi connectivity index (χ4n) is 5.16. The van der Waals surface area contributed by atoms with Crippen molar-refractivity contribution < 1.29 is 9.53 Å². The van der Waals surface area contributed by atoms with Gasteiger partial charge < -0.3 is 14.5 Å². The smallest absolute Gasteiger partial charge is 0.227 e. The second kappa shape index (κ2) is 10.1. The summed E-state index contributed by atoms with van der Waals surface area (Å²) in [6.45, 7) is 11.9. The van der Waals surface area contributed by atoms with Gasteiger partial charge in [0.25, 0.3) is 0 Å². The number of rotatable bonds is 8. The molecule has 0 radical (unpaired) electrons. The van der Waals surface area contributed by atoms with Gasteiger partial charge in [0.1, 0.15) is 5.75 Å². The van der Waals surface area contributed by atoms with Crippen molar-refractivity contribution in [3.05, 3.63) is 23.8 Å². The predicted octanol–water partition coefficient (Wildman–Crippen LogP) is 4.30. The molecule has 0 aliphatic carbocycles. The molecule has 0 bridgehead atoms. The number of hydrogen-bond acceptors (Lipinski definition) is 4. The number of likely N-dealkylation sites (tertiary alicyclic amines) is 2. The Morgan fingerprint density at radius 2 is 1.87 bits per heavy atom. The van der Waals surface area contributed by atoms with Crippen molar-refractivity contribution in [3.8, 4) is 5.75 Å². The van der Waals surface area contributed by atoms with Crippen LogP contribution in [-0.4, -0.2) is 61.1 Å². The lowest BCUT2D eigenvalue weighted by Crippen LogP contribution is -2.32. The van der Waals surface area contributed by atoms with Crippen molar-refractivity contribution in [2.45, 2.75) is 71.4 Å². The van der Waals surface area contributed by atoms with E-state index >= 15 is 0 Å². The van der Waals surface area contributed by atoms with E-state index in [0.29, 0.717) is 6.42 Å². The lowest BCUT2D eigenvalue weighted by atomic mass is 9.98. The third-order valence-corrected chi connectivity index (χ3v) is 7.24. The summed E-state index contributed by atoms with van der Waals surface area (Å²) in [4.78, 5) is 19.3. The summed E-state index contributed by atoms with van der Waals surface area (Å²) < 4.78 is 6.28. The van der Waals surface area contributed by atoms with E-state index in [1.54, 1.807) is 0 Å². The van der Waals surface area contributed by atoms with E-state index in [0.717, 1.165) is 75.6 Å². The van der Waals surface area contributed by atoms with Gasteiger partial charge in [-0.2, -0.15) is 0 Å². The van der Waals surface area contributed by atoms with Crippen LogP contribution in [0.2, 0.25) is 0 Å². The van der Waals surface area contributed by atoms with E-state index < -0.39 is 0 Å². The van der Waals surface area contributed by atoms with E-state index in [1.165, 1.54) is 37.8 Å². The van der Waals surface area contributed by atoms with E-state index in [1.807, 2.05) is 4.90 Å². The second-order valence-electron chi connectivity index (χ2n) is 9.63. The molecule has 3 fully saturated rings. The van der Waals surface area contributed by atoms with Crippen molar-refractivity contribution in [3.63, 3.8) is 0 Å². The van der Waals surface area contributed by atoms with Gasteiger partial charge in [-0.05, 0) is 89.2 Å². The Labute approximate surface area is 182 Å². The molecule has 0 aromatic heterocycles. The van der Waals surface area contributed by atoms with Gasteiger partial charge in [0.15, 0.2) is 0 Å². The quantitative estimate of drug-likeness (QED) is 0.596. The average molecular weight is 414 g/mol. The van der Waals surface area contributed by atoms with Crippen molar-refractivity contribution in [1.29, 1.82) is 0 Å². The molecule has 1 aromatic rings. The van der Waals surface area contributed by atoms with Crippen molar-refractivity contribution >= 4 is 11.6 Å². The first-order valence-corrected chi connectivity index (χ1v) is 12.1. The average Bonchev–Trinajstić information content (AvgIpc) is 3.36. The summed E-state index contributed by atoms with van der Waals surface area (Å²) in [5.41, 5.74) is 2.27. The zero-order valence-corrected chi connectivity index (χ0v) is 18.9. The van der Waals surface area contributed by atoms with Crippen LogP contribution in [0.5, 0.6) is 5.75 Å². The molecule has 1 amide bonds. The van der Waals surface area contributed by atoms with Gasteiger partial charge in [-0.1, -0.05) is 6.92 Å². The van der Waals surface area contributed by atoms with Crippen LogP contribution in [0.3, 0.4) is 0 Å².